The van der Waals surface area contributed by atoms with E-state index in [9.17, 15) is 0 Å². The monoisotopic (exact) mass is 196 g/mol. The van der Waals surface area contributed by atoms with Gasteiger partial charge in [-0.2, -0.15) is 24.4 Å². The maximum atomic E-state index is 4.45. The molecule has 0 radical (unpaired) electrons. The maximum absolute atomic E-state index is 4.45. The summed E-state index contributed by atoms with van der Waals surface area (Å²) in [5.74, 6) is 1.15. The minimum Gasteiger partial charge on any atom is -0.164 e. The lowest BCUT2D eigenvalue weighted by atomic mass is 10.4. The van der Waals surface area contributed by atoms with Gasteiger partial charge in [-0.05, 0) is 12.7 Å². The second-order valence-electron chi connectivity index (χ2n) is 2.26. The highest BCUT2D eigenvalue weighted by molar-refractivity contribution is 8.12. The van der Waals surface area contributed by atoms with Gasteiger partial charge in [-0.3, -0.25) is 0 Å². The number of thiol groups is 1. The Bertz CT molecular complexity index is 75.3. The SMILES string of the molecule is CCC(C)SC(S)CSC. The van der Waals surface area contributed by atoms with Gasteiger partial charge in [0.2, 0.25) is 0 Å². The van der Waals surface area contributed by atoms with Crippen molar-refractivity contribution in [2.24, 2.45) is 0 Å². The van der Waals surface area contributed by atoms with Crippen LogP contribution in [0.3, 0.4) is 0 Å². The van der Waals surface area contributed by atoms with Crippen molar-refractivity contribution in [2.75, 3.05) is 12.0 Å². The normalized spacial score (nSPS) is 16.8. The van der Waals surface area contributed by atoms with Crippen LogP contribution in [0.5, 0.6) is 0 Å². The average molecular weight is 196 g/mol. The summed E-state index contributed by atoms with van der Waals surface area (Å²) < 4.78 is 0.518. The first-order chi connectivity index (χ1) is 4.70. The molecule has 0 amide bonds. The second kappa shape index (κ2) is 6.74. The molecule has 0 aliphatic rings. The molecule has 0 aromatic rings. The van der Waals surface area contributed by atoms with Crippen molar-refractivity contribution in [1.29, 1.82) is 0 Å². The van der Waals surface area contributed by atoms with Crippen molar-refractivity contribution >= 4 is 36.2 Å². The molecule has 0 aromatic heterocycles. The third kappa shape index (κ3) is 5.81. The molecule has 3 heteroatoms. The summed E-state index contributed by atoms with van der Waals surface area (Å²) in [6, 6.07) is 0. The van der Waals surface area contributed by atoms with Crippen molar-refractivity contribution < 1.29 is 0 Å². The maximum Gasteiger partial charge on any atom is 0.0565 e. The lowest BCUT2D eigenvalue weighted by Crippen LogP contribution is -2.03. The first-order valence-electron chi connectivity index (χ1n) is 3.53. The fraction of sp³-hybridized carbons (Fsp3) is 1.00. The Hall–Kier alpha value is 1.05. The smallest absolute Gasteiger partial charge is 0.0565 e. The van der Waals surface area contributed by atoms with E-state index in [4.69, 9.17) is 0 Å². The van der Waals surface area contributed by atoms with Crippen LogP contribution in [0.2, 0.25) is 0 Å². The number of hydrogen-bond donors (Lipinski definition) is 1. The lowest BCUT2D eigenvalue weighted by Gasteiger charge is -2.13. The van der Waals surface area contributed by atoms with Crippen molar-refractivity contribution in [3.05, 3.63) is 0 Å². The van der Waals surface area contributed by atoms with E-state index in [-0.39, 0.29) is 0 Å². The van der Waals surface area contributed by atoms with Crippen LogP contribution >= 0.6 is 36.2 Å². The Kier molecular flexibility index (Phi) is 7.45. The predicted molar refractivity (Wildman–Crippen MR) is 58.5 cm³/mol. The fourth-order valence-electron chi connectivity index (χ4n) is 0.546. The van der Waals surface area contributed by atoms with Gasteiger partial charge in [0.25, 0.3) is 0 Å². The zero-order valence-corrected chi connectivity index (χ0v) is 9.36. The number of rotatable bonds is 5. The molecule has 0 heterocycles. The second-order valence-corrected chi connectivity index (χ2v) is 5.79. The average Bonchev–Trinajstić information content (AvgIpc) is 1.88. The van der Waals surface area contributed by atoms with Gasteiger partial charge >= 0.3 is 0 Å². The molecular weight excluding hydrogens is 180 g/mol. The van der Waals surface area contributed by atoms with Gasteiger partial charge in [0.05, 0.1) is 4.58 Å². The molecule has 0 nitrogen and oxygen atoms in total. The van der Waals surface area contributed by atoms with E-state index in [1.807, 2.05) is 23.5 Å². The summed E-state index contributed by atoms with van der Waals surface area (Å²) >= 11 is 8.28. The molecule has 10 heavy (non-hydrogen) atoms. The molecule has 0 N–H and O–H groups in total. The van der Waals surface area contributed by atoms with E-state index in [1.54, 1.807) is 0 Å². The van der Waals surface area contributed by atoms with E-state index in [1.165, 1.54) is 6.42 Å². The Morgan fingerprint density at radius 2 is 2.10 bits per heavy atom. The molecule has 2 atom stereocenters. The molecule has 0 fully saturated rings. The van der Waals surface area contributed by atoms with Gasteiger partial charge in [-0.15, -0.1) is 11.8 Å². The molecule has 62 valence electrons. The van der Waals surface area contributed by atoms with Crippen LogP contribution in [0.4, 0.5) is 0 Å². The van der Waals surface area contributed by atoms with Crippen LogP contribution in [0, 0.1) is 0 Å². The molecule has 0 aromatic carbocycles. The molecule has 0 rings (SSSR count). The molecule has 0 aliphatic heterocycles. The highest BCUT2D eigenvalue weighted by Crippen LogP contribution is 2.24. The Balaban J connectivity index is 3.27. The van der Waals surface area contributed by atoms with Gasteiger partial charge in [0.1, 0.15) is 0 Å². The summed E-state index contributed by atoms with van der Waals surface area (Å²) in [4.78, 5) is 0. The van der Waals surface area contributed by atoms with Crippen LogP contribution in [0.25, 0.3) is 0 Å². The van der Waals surface area contributed by atoms with Gasteiger partial charge in [-0.1, -0.05) is 13.8 Å². The van der Waals surface area contributed by atoms with Crippen molar-refractivity contribution in [3.8, 4) is 0 Å². The van der Waals surface area contributed by atoms with E-state index < -0.39 is 0 Å². The lowest BCUT2D eigenvalue weighted by molar-refractivity contribution is 0.905. The summed E-state index contributed by atoms with van der Waals surface area (Å²) in [5, 5.41) is 0.759. The molecule has 0 saturated heterocycles. The van der Waals surface area contributed by atoms with Gasteiger partial charge < -0.3 is 0 Å². The first kappa shape index (κ1) is 11.1. The van der Waals surface area contributed by atoms with Crippen LogP contribution in [-0.4, -0.2) is 21.8 Å². The largest absolute Gasteiger partial charge is 0.164 e. The van der Waals surface area contributed by atoms with E-state index in [2.05, 4.69) is 32.7 Å². The number of hydrogen-bond acceptors (Lipinski definition) is 3. The zero-order chi connectivity index (χ0) is 7.98. The van der Waals surface area contributed by atoms with E-state index >= 15 is 0 Å². The molecule has 0 bridgehead atoms. The van der Waals surface area contributed by atoms with Crippen LogP contribution in [0.1, 0.15) is 20.3 Å². The summed E-state index contributed by atoms with van der Waals surface area (Å²) in [6.07, 6.45) is 3.37. The molecule has 0 aliphatic carbocycles. The van der Waals surface area contributed by atoms with E-state index in [0.717, 1.165) is 11.0 Å². The Morgan fingerprint density at radius 1 is 1.50 bits per heavy atom. The van der Waals surface area contributed by atoms with E-state index in [0.29, 0.717) is 4.58 Å². The van der Waals surface area contributed by atoms with Crippen molar-refractivity contribution in [3.63, 3.8) is 0 Å². The van der Waals surface area contributed by atoms with Crippen molar-refractivity contribution in [1.82, 2.24) is 0 Å². The molecular formula is C7H16S3. The molecule has 0 saturated carbocycles. The quantitative estimate of drug-likeness (QED) is 0.530. The summed E-state index contributed by atoms with van der Waals surface area (Å²) in [6.45, 7) is 4.48. The highest BCUT2D eigenvalue weighted by Gasteiger charge is 2.06. The molecule has 0 spiro atoms. The topological polar surface area (TPSA) is 0 Å². The first-order valence-corrected chi connectivity index (χ1v) is 6.38. The van der Waals surface area contributed by atoms with Gasteiger partial charge in [-0.25, -0.2) is 0 Å². The highest BCUT2D eigenvalue weighted by atomic mass is 32.2. The fourth-order valence-corrected chi connectivity index (χ4v) is 3.35. The van der Waals surface area contributed by atoms with Crippen LogP contribution < -0.4 is 0 Å². The van der Waals surface area contributed by atoms with Crippen LogP contribution in [0.15, 0.2) is 0 Å². The predicted octanol–water partition coefficient (Wildman–Crippen LogP) is 3.14. The molecule has 2 unspecified atom stereocenters. The minimum atomic E-state index is 0.518. The van der Waals surface area contributed by atoms with Crippen LogP contribution in [-0.2, 0) is 0 Å². The summed E-state index contributed by atoms with van der Waals surface area (Å²) in [5.41, 5.74) is 0. The minimum absolute atomic E-state index is 0.518. The zero-order valence-electron chi connectivity index (χ0n) is 6.83. The Morgan fingerprint density at radius 3 is 2.50 bits per heavy atom. The standard InChI is InChI=1S/C7H16S3/c1-4-6(2)10-7(8)5-9-3/h6-8H,4-5H2,1-3H3. The third-order valence-electron chi connectivity index (χ3n) is 1.27. The van der Waals surface area contributed by atoms with Gasteiger partial charge in [0, 0.05) is 11.0 Å². The third-order valence-corrected chi connectivity index (χ3v) is 4.22. The van der Waals surface area contributed by atoms with Crippen molar-refractivity contribution in [2.45, 2.75) is 30.1 Å². The van der Waals surface area contributed by atoms with Gasteiger partial charge in [0.15, 0.2) is 0 Å². The Labute approximate surface area is 78.3 Å². The summed E-state index contributed by atoms with van der Waals surface area (Å²) in [7, 11) is 0. The number of thioether (sulfide) groups is 2.